The number of aromatic nitrogens is 3. The number of para-hydroxylation sites is 1. The van der Waals surface area contributed by atoms with Crippen LogP contribution >= 0.6 is 11.8 Å². The van der Waals surface area contributed by atoms with Gasteiger partial charge >= 0.3 is 0 Å². The van der Waals surface area contributed by atoms with Gasteiger partial charge in [-0.25, -0.2) is 4.98 Å². The minimum absolute atomic E-state index is 0.0911. The van der Waals surface area contributed by atoms with Crippen molar-refractivity contribution >= 4 is 22.7 Å². The monoisotopic (exact) mass is 423 g/mol. The molecule has 0 saturated heterocycles. The lowest BCUT2D eigenvalue weighted by atomic mass is 10.2. The SMILES string of the molecule is COc1ccc(Cn2c(SCc3cc(C)no3)nc3ccccc3c2=O)cc1OC. The summed E-state index contributed by atoms with van der Waals surface area (Å²) in [6.07, 6.45) is 0. The van der Waals surface area contributed by atoms with Crippen molar-refractivity contribution in [1.29, 1.82) is 0 Å². The van der Waals surface area contributed by atoms with Gasteiger partial charge in [0.25, 0.3) is 5.56 Å². The van der Waals surface area contributed by atoms with E-state index in [9.17, 15) is 4.79 Å². The van der Waals surface area contributed by atoms with E-state index in [0.29, 0.717) is 39.9 Å². The number of hydrogen-bond donors (Lipinski definition) is 0. The summed E-state index contributed by atoms with van der Waals surface area (Å²) in [6, 6.07) is 14.9. The average molecular weight is 423 g/mol. The van der Waals surface area contributed by atoms with Gasteiger partial charge in [0.15, 0.2) is 16.7 Å². The molecule has 0 unspecified atom stereocenters. The highest BCUT2D eigenvalue weighted by Gasteiger charge is 2.14. The molecule has 4 aromatic rings. The zero-order valence-corrected chi connectivity index (χ0v) is 17.7. The normalized spacial score (nSPS) is 11.0. The second kappa shape index (κ2) is 8.62. The molecule has 2 aromatic heterocycles. The molecule has 0 bridgehead atoms. The molecule has 0 amide bonds. The van der Waals surface area contributed by atoms with Gasteiger partial charge in [0.1, 0.15) is 5.76 Å². The Morgan fingerprint density at radius 3 is 2.60 bits per heavy atom. The lowest BCUT2D eigenvalue weighted by Crippen LogP contribution is -2.24. The van der Waals surface area contributed by atoms with Gasteiger partial charge in [-0.15, -0.1) is 0 Å². The van der Waals surface area contributed by atoms with Crippen LogP contribution in [0.4, 0.5) is 0 Å². The summed E-state index contributed by atoms with van der Waals surface area (Å²) in [5.41, 5.74) is 2.30. The van der Waals surface area contributed by atoms with Crippen LogP contribution in [0.25, 0.3) is 10.9 Å². The first-order valence-electron chi connectivity index (χ1n) is 9.34. The molecule has 0 aliphatic rings. The van der Waals surface area contributed by atoms with Crippen molar-refractivity contribution in [2.45, 2.75) is 24.4 Å². The van der Waals surface area contributed by atoms with E-state index in [1.54, 1.807) is 24.9 Å². The Bertz CT molecular complexity index is 1250. The molecule has 0 atom stereocenters. The molecule has 2 aromatic carbocycles. The van der Waals surface area contributed by atoms with Crippen LogP contribution in [0.2, 0.25) is 0 Å². The smallest absolute Gasteiger partial charge is 0.262 e. The Hall–Kier alpha value is -3.26. The molecule has 7 nitrogen and oxygen atoms in total. The number of nitrogens with zero attached hydrogens (tertiary/aromatic N) is 3. The third-order valence-electron chi connectivity index (χ3n) is 4.64. The maximum Gasteiger partial charge on any atom is 0.262 e. The standard InChI is InChI=1S/C22H21N3O4S/c1-14-10-16(29-24-14)13-30-22-23-18-7-5-4-6-17(18)21(26)25(22)12-15-8-9-19(27-2)20(11-15)28-3/h4-11H,12-13H2,1-3H3. The fourth-order valence-corrected chi connectivity index (χ4v) is 4.05. The summed E-state index contributed by atoms with van der Waals surface area (Å²) in [7, 11) is 3.18. The van der Waals surface area contributed by atoms with Crippen molar-refractivity contribution in [2.24, 2.45) is 0 Å². The van der Waals surface area contributed by atoms with Crippen molar-refractivity contribution in [2.75, 3.05) is 14.2 Å². The van der Waals surface area contributed by atoms with E-state index in [4.69, 9.17) is 19.0 Å². The second-order valence-corrected chi connectivity index (χ2v) is 7.66. The Labute approximate surface area is 177 Å². The Balaban J connectivity index is 1.74. The molecule has 0 radical (unpaired) electrons. The number of rotatable bonds is 7. The summed E-state index contributed by atoms with van der Waals surface area (Å²) >= 11 is 1.44. The molecule has 30 heavy (non-hydrogen) atoms. The van der Waals surface area contributed by atoms with Crippen molar-refractivity contribution < 1.29 is 14.0 Å². The maximum atomic E-state index is 13.3. The Morgan fingerprint density at radius 1 is 1.07 bits per heavy atom. The second-order valence-electron chi connectivity index (χ2n) is 6.72. The number of ether oxygens (including phenoxy) is 2. The number of methoxy groups -OCH3 is 2. The first-order valence-corrected chi connectivity index (χ1v) is 10.3. The van der Waals surface area contributed by atoms with Crippen molar-refractivity contribution in [3.8, 4) is 11.5 Å². The van der Waals surface area contributed by atoms with Gasteiger partial charge in [0, 0.05) is 6.07 Å². The van der Waals surface area contributed by atoms with Crippen LogP contribution in [0, 0.1) is 6.92 Å². The zero-order chi connectivity index (χ0) is 21.1. The van der Waals surface area contributed by atoms with E-state index in [-0.39, 0.29) is 5.56 Å². The number of benzene rings is 2. The summed E-state index contributed by atoms with van der Waals surface area (Å²) in [6.45, 7) is 2.23. The largest absolute Gasteiger partial charge is 0.493 e. The molecular weight excluding hydrogens is 402 g/mol. The number of thioether (sulfide) groups is 1. The topological polar surface area (TPSA) is 79.4 Å². The van der Waals surface area contributed by atoms with Crippen molar-refractivity contribution in [1.82, 2.24) is 14.7 Å². The lowest BCUT2D eigenvalue weighted by molar-refractivity contribution is 0.354. The molecule has 0 fully saturated rings. The summed E-state index contributed by atoms with van der Waals surface area (Å²) in [5, 5.41) is 5.11. The molecule has 0 aliphatic heterocycles. The van der Waals surface area contributed by atoms with Crippen LogP contribution < -0.4 is 15.0 Å². The van der Waals surface area contributed by atoms with Gasteiger partial charge in [-0.3, -0.25) is 9.36 Å². The number of aryl methyl sites for hydroxylation is 1. The third-order valence-corrected chi connectivity index (χ3v) is 5.63. The van der Waals surface area contributed by atoms with Crippen LogP contribution in [0.3, 0.4) is 0 Å². The van der Waals surface area contributed by atoms with Crippen LogP contribution in [0.15, 0.2) is 63.0 Å². The molecule has 0 spiro atoms. The molecule has 154 valence electrons. The molecule has 0 aliphatic carbocycles. The van der Waals surface area contributed by atoms with Crippen molar-refractivity contribution in [3.63, 3.8) is 0 Å². The highest BCUT2D eigenvalue weighted by Crippen LogP contribution is 2.29. The van der Waals surface area contributed by atoms with Gasteiger partial charge in [-0.2, -0.15) is 0 Å². The Morgan fingerprint density at radius 2 is 1.87 bits per heavy atom. The first kappa shape index (κ1) is 20.0. The fraction of sp³-hybridized carbons (Fsp3) is 0.227. The maximum absolute atomic E-state index is 13.3. The van der Waals surface area contributed by atoms with E-state index in [2.05, 4.69) is 5.16 Å². The first-order chi connectivity index (χ1) is 14.6. The predicted octanol–water partition coefficient (Wildman–Crippen LogP) is 4.05. The van der Waals surface area contributed by atoms with Crippen LogP contribution in [0.5, 0.6) is 11.5 Å². The Kier molecular flexibility index (Phi) is 5.76. The van der Waals surface area contributed by atoms with E-state index < -0.39 is 0 Å². The number of hydrogen-bond acceptors (Lipinski definition) is 7. The average Bonchev–Trinajstić information content (AvgIpc) is 3.19. The summed E-state index contributed by atoms with van der Waals surface area (Å²) < 4.78 is 17.7. The van der Waals surface area contributed by atoms with Crippen molar-refractivity contribution in [3.05, 3.63) is 75.9 Å². The van der Waals surface area contributed by atoms with Gasteiger partial charge < -0.3 is 14.0 Å². The van der Waals surface area contributed by atoms with Gasteiger partial charge in [-0.1, -0.05) is 35.1 Å². The third kappa shape index (κ3) is 4.04. The number of fused-ring (bicyclic) bond motifs is 1. The predicted molar refractivity (Wildman–Crippen MR) is 115 cm³/mol. The highest BCUT2D eigenvalue weighted by atomic mass is 32.2. The minimum Gasteiger partial charge on any atom is -0.493 e. The molecule has 4 rings (SSSR count). The summed E-state index contributed by atoms with van der Waals surface area (Å²) in [4.78, 5) is 18.0. The lowest BCUT2D eigenvalue weighted by Gasteiger charge is -2.14. The molecule has 0 N–H and O–H groups in total. The molecule has 0 saturated carbocycles. The van der Waals surface area contributed by atoms with Crippen LogP contribution in [0.1, 0.15) is 17.0 Å². The van der Waals surface area contributed by atoms with Crippen LogP contribution in [-0.2, 0) is 12.3 Å². The molecule has 8 heteroatoms. The van der Waals surface area contributed by atoms with Gasteiger partial charge in [-0.05, 0) is 36.8 Å². The highest BCUT2D eigenvalue weighted by molar-refractivity contribution is 7.98. The fourth-order valence-electron chi connectivity index (χ4n) is 3.18. The summed E-state index contributed by atoms with van der Waals surface area (Å²) in [5.74, 6) is 2.51. The quantitative estimate of drug-likeness (QED) is 0.328. The van der Waals surface area contributed by atoms with E-state index in [1.807, 2.05) is 49.4 Å². The zero-order valence-electron chi connectivity index (χ0n) is 16.9. The van der Waals surface area contributed by atoms with Crippen LogP contribution in [-0.4, -0.2) is 28.9 Å². The molecular formula is C22H21N3O4S. The van der Waals surface area contributed by atoms with E-state index in [0.717, 1.165) is 17.0 Å². The van der Waals surface area contributed by atoms with E-state index in [1.165, 1.54) is 11.8 Å². The minimum atomic E-state index is -0.0911. The van der Waals surface area contributed by atoms with Gasteiger partial charge in [0.05, 0.1) is 43.1 Å². The van der Waals surface area contributed by atoms with E-state index >= 15 is 0 Å². The molecule has 2 heterocycles. The van der Waals surface area contributed by atoms with Gasteiger partial charge in [0.2, 0.25) is 0 Å².